The van der Waals surface area contributed by atoms with Crippen molar-refractivity contribution >= 4 is 5.78 Å². The van der Waals surface area contributed by atoms with Crippen LogP contribution in [0.5, 0.6) is 5.75 Å². The standard InChI is InChI=1S/C11H10F2O3/c1-15-11-8(14)5-9(11)16-10-6(12)3-2-4-7(10)13/h2-4,9,11H,5H2,1H3. The van der Waals surface area contributed by atoms with Gasteiger partial charge in [-0.1, -0.05) is 6.07 Å². The van der Waals surface area contributed by atoms with Gasteiger partial charge in [-0.3, -0.25) is 4.79 Å². The summed E-state index contributed by atoms with van der Waals surface area (Å²) in [7, 11) is 1.36. The molecular formula is C11H10F2O3. The number of carbonyl (C=O) groups excluding carboxylic acids is 1. The van der Waals surface area contributed by atoms with E-state index in [9.17, 15) is 13.6 Å². The number of rotatable bonds is 3. The zero-order chi connectivity index (χ0) is 11.7. The van der Waals surface area contributed by atoms with Crippen LogP contribution in [0.3, 0.4) is 0 Å². The third-order valence-electron chi connectivity index (χ3n) is 2.50. The van der Waals surface area contributed by atoms with E-state index in [2.05, 4.69) is 0 Å². The Labute approximate surface area is 91.0 Å². The monoisotopic (exact) mass is 228 g/mol. The molecule has 86 valence electrons. The molecule has 0 aliphatic heterocycles. The van der Waals surface area contributed by atoms with Crippen LogP contribution in [0.1, 0.15) is 6.42 Å². The van der Waals surface area contributed by atoms with Crippen LogP contribution >= 0.6 is 0 Å². The van der Waals surface area contributed by atoms with Crippen LogP contribution in [-0.2, 0) is 9.53 Å². The predicted octanol–water partition coefficient (Wildman–Crippen LogP) is 1.70. The molecular weight excluding hydrogens is 218 g/mol. The van der Waals surface area contributed by atoms with E-state index in [0.717, 1.165) is 12.1 Å². The van der Waals surface area contributed by atoms with Crippen molar-refractivity contribution in [2.75, 3.05) is 7.11 Å². The van der Waals surface area contributed by atoms with Gasteiger partial charge in [0.2, 0.25) is 0 Å². The first-order valence-electron chi connectivity index (χ1n) is 4.79. The predicted molar refractivity (Wildman–Crippen MR) is 51.2 cm³/mol. The number of halogens is 2. The van der Waals surface area contributed by atoms with Gasteiger partial charge in [-0.05, 0) is 12.1 Å². The number of ketones is 1. The topological polar surface area (TPSA) is 35.5 Å². The maximum atomic E-state index is 13.2. The molecule has 1 saturated carbocycles. The van der Waals surface area contributed by atoms with Crippen molar-refractivity contribution in [3.8, 4) is 5.75 Å². The summed E-state index contributed by atoms with van der Waals surface area (Å²) in [6, 6.07) is 3.44. The fourth-order valence-electron chi connectivity index (χ4n) is 1.60. The zero-order valence-electron chi connectivity index (χ0n) is 8.57. The van der Waals surface area contributed by atoms with Crippen molar-refractivity contribution in [3.63, 3.8) is 0 Å². The molecule has 1 aliphatic carbocycles. The van der Waals surface area contributed by atoms with Crippen molar-refractivity contribution in [2.24, 2.45) is 0 Å². The molecule has 0 heterocycles. The SMILES string of the molecule is COC1C(=O)CC1Oc1c(F)cccc1F. The van der Waals surface area contributed by atoms with Gasteiger partial charge in [0.1, 0.15) is 6.10 Å². The lowest BCUT2D eigenvalue weighted by molar-refractivity contribution is -0.151. The summed E-state index contributed by atoms with van der Waals surface area (Å²) in [5.74, 6) is -2.14. The summed E-state index contributed by atoms with van der Waals surface area (Å²) in [4.78, 5) is 11.0. The maximum Gasteiger partial charge on any atom is 0.191 e. The molecule has 1 aromatic rings. The zero-order valence-corrected chi connectivity index (χ0v) is 8.57. The minimum Gasteiger partial charge on any atom is -0.481 e. The highest BCUT2D eigenvalue weighted by atomic mass is 19.1. The van der Waals surface area contributed by atoms with Gasteiger partial charge in [-0.25, -0.2) is 8.78 Å². The number of hydrogen-bond donors (Lipinski definition) is 0. The number of Topliss-reactive ketones (excluding diaryl/α,β-unsaturated/α-hetero) is 1. The first-order chi connectivity index (χ1) is 7.63. The number of hydrogen-bond acceptors (Lipinski definition) is 3. The first-order valence-corrected chi connectivity index (χ1v) is 4.79. The Bertz CT molecular complexity index is 399. The van der Waals surface area contributed by atoms with Gasteiger partial charge in [0.05, 0.1) is 0 Å². The number of ether oxygens (including phenoxy) is 2. The molecule has 0 aromatic heterocycles. The molecule has 2 atom stereocenters. The van der Waals surface area contributed by atoms with Gasteiger partial charge < -0.3 is 9.47 Å². The lowest BCUT2D eigenvalue weighted by Crippen LogP contribution is -2.51. The van der Waals surface area contributed by atoms with E-state index in [4.69, 9.17) is 9.47 Å². The Morgan fingerprint density at radius 2 is 1.94 bits per heavy atom. The van der Waals surface area contributed by atoms with Crippen molar-refractivity contribution in [1.82, 2.24) is 0 Å². The van der Waals surface area contributed by atoms with E-state index in [-0.39, 0.29) is 12.2 Å². The Morgan fingerprint density at radius 1 is 1.31 bits per heavy atom. The Morgan fingerprint density at radius 3 is 2.44 bits per heavy atom. The van der Waals surface area contributed by atoms with E-state index in [0.29, 0.717) is 0 Å². The number of methoxy groups -OCH3 is 1. The quantitative estimate of drug-likeness (QED) is 0.789. The third kappa shape index (κ3) is 1.78. The van der Waals surface area contributed by atoms with Gasteiger partial charge in [-0.2, -0.15) is 0 Å². The highest BCUT2D eigenvalue weighted by molar-refractivity contribution is 5.90. The van der Waals surface area contributed by atoms with Crippen molar-refractivity contribution in [1.29, 1.82) is 0 Å². The summed E-state index contributed by atoms with van der Waals surface area (Å²) in [6.07, 6.45) is -1.21. The van der Waals surface area contributed by atoms with Gasteiger partial charge in [-0.15, -0.1) is 0 Å². The van der Waals surface area contributed by atoms with Crippen LogP contribution in [-0.4, -0.2) is 25.1 Å². The normalized spacial score (nSPS) is 24.1. The highest BCUT2D eigenvalue weighted by Crippen LogP contribution is 2.28. The molecule has 0 N–H and O–H groups in total. The molecule has 1 aliphatic rings. The lowest BCUT2D eigenvalue weighted by Gasteiger charge is -2.33. The van der Waals surface area contributed by atoms with Crippen LogP contribution in [0.15, 0.2) is 18.2 Å². The van der Waals surface area contributed by atoms with E-state index in [1.54, 1.807) is 0 Å². The molecule has 0 radical (unpaired) electrons. The Hall–Kier alpha value is -1.49. The van der Waals surface area contributed by atoms with Crippen LogP contribution in [0.2, 0.25) is 0 Å². The molecule has 2 rings (SSSR count). The van der Waals surface area contributed by atoms with E-state index < -0.39 is 29.6 Å². The summed E-state index contributed by atoms with van der Waals surface area (Å²) < 4.78 is 36.4. The molecule has 16 heavy (non-hydrogen) atoms. The molecule has 2 unspecified atom stereocenters. The largest absolute Gasteiger partial charge is 0.481 e. The molecule has 0 amide bonds. The summed E-state index contributed by atoms with van der Waals surface area (Å²) >= 11 is 0. The van der Waals surface area contributed by atoms with E-state index in [1.807, 2.05) is 0 Å². The van der Waals surface area contributed by atoms with Crippen LogP contribution in [0.4, 0.5) is 8.78 Å². The molecule has 1 fully saturated rings. The minimum absolute atomic E-state index is 0.117. The van der Waals surface area contributed by atoms with Gasteiger partial charge in [0.25, 0.3) is 0 Å². The second kappa shape index (κ2) is 4.17. The number of para-hydroxylation sites is 1. The van der Waals surface area contributed by atoms with Crippen molar-refractivity contribution in [2.45, 2.75) is 18.6 Å². The fourth-order valence-corrected chi connectivity index (χ4v) is 1.60. The molecule has 3 nitrogen and oxygen atoms in total. The van der Waals surface area contributed by atoms with Crippen molar-refractivity contribution in [3.05, 3.63) is 29.8 Å². The van der Waals surface area contributed by atoms with E-state index in [1.165, 1.54) is 13.2 Å². The second-order valence-electron chi connectivity index (χ2n) is 3.53. The average Bonchev–Trinajstić information content (AvgIpc) is 2.22. The van der Waals surface area contributed by atoms with Gasteiger partial charge in [0.15, 0.2) is 29.3 Å². The smallest absolute Gasteiger partial charge is 0.191 e. The second-order valence-corrected chi connectivity index (χ2v) is 3.53. The molecule has 0 bridgehead atoms. The van der Waals surface area contributed by atoms with Gasteiger partial charge in [0, 0.05) is 13.5 Å². The fraction of sp³-hybridized carbons (Fsp3) is 0.364. The Balaban J connectivity index is 2.13. The summed E-state index contributed by atoms with van der Waals surface area (Å²) in [5.41, 5.74) is 0. The van der Waals surface area contributed by atoms with Crippen molar-refractivity contribution < 1.29 is 23.0 Å². The average molecular weight is 228 g/mol. The molecule has 1 aromatic carbocycles. The van der Waals surface area contributed by atoms with Gasteiger partial charge >= 0.3 is 0 Å². The maximum absolute atomic E-state index is 13.2. The number of carbonyl (C=O) groups is 1. The summed E-state index contributed by atoms with van der Waals surface area (Å²) in [6.45, 7) is 0. The molecule has 0 saturated heterocycles. The van der Waals surface area contributed by atoms with Crippen LogP contribution < -0.4 is 4.74 Å². The molecule has 0 spiro atoms. The summed E-state index contributed by atoms with van der Waals surface area (Å²) in [5, 5.41) is 0. The molecule has 5 heteroatoms. The Kier molecular flexibility index (Phi) is 2.87. The van der Waals surface area contributed by atoms with Crippen LogP contribution in [0.25, 0.3) is 0 Å². The number of benzene rings is 1. The third-order valence-corrected chi connectivity index (χ3v) is 2.50. The first kappa shape index (κ1) is 11.0. The lowest BCUT2D eigenvalue weighted by atomic mass is 9.90. The highest BCUT2D eigenvalue weighted by Gasteiger charge is 2.42. The minimum atomic E-state index is -0.783. The van der Waals surface area contributed by atoms with Crippen LogP contribution in [0, 0.1) is 11.6 Å². The van der Waals surface area contributed by atoms with E-state index >= 15 is 0 Å².